The molecule has 0 radical (unpaired) electrons. The first-order valence-electron chi connectivity index (χ1n) is 8.30. The van der Waals surface area contributed by atoms with E-state index >= 15 is 0 Å². The Morgan fingerprint density at radius 3 is 2.67 bits per heavy atom. The molecule has 0 bridgehead atoms. The second kappa shape index (κ2) is 7.16. The highest BCUT2D eigenvalue weighted by Gasteiger charge is 2.40. The molecule has 4 rings (SSSR count). The first-order chi connectivity index (χ1) is 12.9. The van der Waals surface area contributed by atoms with Gasteiger partial charge in [0.15, 0.2) is 5.13 Å². The van der Waals surface area contributed by atoms with E-state index in [2.05, 4.69) is 10.3 Å². The minimum Gasteiger partial charge on any atom is -0.301 e. The summed E-state index contributed by atoms with van der Waals surface area (Å²) in [5.41, 5.74) is 1.91. The van der Waals surface area contributed by atoms with Gasteiger partial charge in [0.1, 0.15) is 10.3 Å². The maximum absolute atomic E-state index is 13.2. The van der Waals surface area contributed by atoms with Crippen LogP contribution in [0.5, 0.6) is 0 Å². The van der Waals surface area contributed by atoms with Crippen LogP contribution in [0.2, 0.25) is 0 Å². The van der Waals surface area contributed by atoms with Crippen molar-refractivity contribution in [2.24, 2.45) is 0 Å². The molecule has 3 heterocycles. The molecule has 6 nitrogen and oxygen atoms in total. The van der Waals surface area contributed by atoms with Crippen LogP contribution in [0.25, 0.3) is 0 Å². The molecule has 140 valence electrons. The van der Waals surface area contributed by atoms with Crippen LogP contribution < -0.4 is 5.32 Å². The molecule has 1 aliphatic rings. The van der Waals surface area contributed by atoms with Gasteiger partial charge >= 0.3 is 0 Å². The molecule has 0 fully saturated rings. The molecule has 1 aliphatic heterocycles. The molecule has 0 saturated carbocycles. The Bertz CT molecular complexity index is 1070. The lowest BCUT2D eigenvalue weighted by atomic mass is 9.95. The summed E-state index contributed by atoms with van der Waals surface area (Å²) >= 11 is 2.52. The standard InChI is InChI=1S/C18H17N3O3S3/c1-12-10-19-18(26-12)20-17(22)15-9-13-5-2-3-6-14(13)11-21(15)27(23,24)16-7-4-8-25-16/h2-8,10,15H,9,11H2,1H3,(H,19,20,22)/t15-/m0/s1. The number of carbonyl (C=O) groups is 1. The van der Waals surface area contributed by atoms with E-state index in [-0.39, 0.29) is 16.7 Å². The summed E-state index contributed by atoms with van der Waals surface area (Å²) in [6, 6.07) is 10.1. The molecule has 9 heteroatoms. The Hall–Kier alpha value is -2.07. The predicted octanol–water partition coefficient (Wildman–Crippen LogP) is 3.27. The van der Waals surface area contributed by atoms with E-state index in [9.17, 15) is 13.2 Å². The summed E-state index contributed by atoms with van der Waals surface area (Å²) < 4.78 is 27.9. The number of nitrogens with one attached hydrogen (secondary N) is 1. The van der Waals surface area contributed by atoms with Gasteiger partial charge in [0.05, 0.1) is 0 Å². The summed E-state index contributed by atoms with van der Waals surface area (Å²) in [7, 11) is -3.77. The number of sulfonamides is 1. The lowest BCUT2D eigenvalue weighted by Gasteiger charge is -2.34. The molecule has 1 N–H and O–H groups in total. The molecule has 0 saturated heterocycles. The average Bonchev–Trinajstić information content (AvgIpc) is 3.33. The Morgan fingerprint density at radius 2 is 2.00 bits per heavy atom. The van der Waals surface area contributed by atoms with Crippen LogP contribution in [0.3, 0.4) is 0 Å². The lowest BCUT2D eigenvalue weighted by molar-refractivity contribution is -0.120. The van der Waals surface area contributed by atoms with E-state index in [4.69, 9.17) is 0 Å². The zero-order chi connectivity index (χ0) is 19.0. The van der Waals surface area contributed by atoms with Crippen molar-refractivity contribution in [2.75, 3.05) is 5.32 Å². The normalized spacial score (nSPS) is 17.4. The van der Waals surface area contributed by atoms with Gasteiger partial charge in [0, 0.05) is 17.6 Å². The fraction of sp³-hybridized carbons (Fsp3) is 0.222. The number of thiophene rings is 1. The first-order valence-corrected chi connectivity index (χ1v) is 11.4. The number of rotatable bonds is 4. The molecule has 3 aromatic rings. The summed E-state index contributed by atoms with van der Waals surface area (Å²) in [4.78, 5) is 18.1. The number of fused-ring (bicyclic) bond motifs is 1. The number of benzene rings is 1. The van der Waals surface area contributed by atoms with Crippen LogP contribution in [-0.4, -0.2) is 29.7 Å². The molecule has 27 heavy (non-hydrogen) atoms. The number of hydrogen-bond acceptors (Lipinski definition) is 6. The van der Waals surface area contributed by atoms with Crippen LogP contribution in [-0.2, 0) is 27.8 Å². The fourth-order valence-electron chi connectivity index (χ4n) is 3.10. The SMILES string of the molecule is Cc1cnc(NC(=O)[C@@H]2Cc3ccccc3CN2S(=O)(=O)c2cccs2)s1. The van der Waals surface area contributed by atoms with Crippen LogP contribution in [0.4, 0.5) is 5.13 Å². The van der Waals surface area contributed by atoms with E-state index in [1.54, 1.807) is 23.7 Å². The van der Waals surface area contributed by atoms with E-state index in [0.717, 1.165) is 27.3 Å². The van der Waals surface area contributed by atoms with Gasteiger partial charge in [-0.1, -0.05) is 30.3 Å². The number of anilines is 1. The lowest BCUT2D eigenvalue weighted by Crippen LogP contribution is -2.50. The third-order valence-corrected chi connectivity index (χ3v) is 8.47. The summed E-state index contributed by atoms with van der Waals surface area (Å²) in [5, 5.41) is 4.97. The fourth-order valence-corrected chi connectivity index (χ4v) is 6.45. The minimum atomic E-state index is -3.77. The highest BCUT2D eigenvalue weighted by Crippen LogP contribution is 2.31. The van der Waals surface area contributed by atoms with Gasteiger partial charge in [-0.15, -0.1) is 22.7 Å². The van der Waals surface area contributed by atoms with Crippen molar-refractivity contribution in [3.63, 3.8) is 0 Å². The highest BCUT2D eigenvalue weighted by atomic mass is 32.2. The Balaban J connectivity index is 1.70. The quantitative estimate of drug-likeness (QED) is 0.704. The van der Waals surface area contributed by atoms with Crippen molar-refractivity contribution in [2.45, 2.75) is 30.1 Å². The number of thiazole rings is 1. The molecule has 0 unspecified atom stereocenters. The van der Waals surface area contributed by atoms with Gasteiger partial charge in [-0.2, -0.15) is 4.31 Å². The second-order valence-electron chi connectivity index (χ2n) is 6.24. The summed E-state index contributed by atoms with van der Waals surface area (Å²) in [5.74, 6) is -0.362. The van der Waals surface area contributed by atoms with E-state index in [1.807, 2.05) is 31.2 Å². The van der Waals surface area contributed by atoms with Crippen LogP contribution in [0, 0.1) is 6.92 Å². The third-order valence-electron chi connectivity index (χ3n) is 4.42. The summed E-state index contributed by atoms with van der Waals surface area (Å²) in [6.45, 7) is 2.07. The van der Waals surface area contributed by atoms with Crippen molar-refractivity contribution in [1.29, 1.82) is 0 Å². The van der Waals surface area contributed by atoms with Gasteiger partial charge in [0.2, 0.25) is 5.91 Å². The Morgan fingerprint density at radius 1 is 1.22 bits per heavy atom. The first kappa shape index (κ1) is 18.3. The maximum atomic E-state index is 13.2. The van der Waals surface area contributed by atoms with Gasteiger partial charge in [-0.25, -0.2) is 13.4 Å². The predicted molar refractivity (Wildman–Crippen MR) is 106 cm³/mol. The number of hydrogen-bond donors (Lipinski definition) is 1. The summed E-state index contributed by atoms with van der Waals surface area (Å²) in [6.07, 6.45) is 2.01. The number of carbonyl (C=O) groups excluding carboxylic acids is 1. The molecule has 1 aromatic carbocycles. The van der Waals surface area contributed by atoms with Crippen molar-refractivity contribution >= 4 is 43.7 Å². The van der Waals surface area contributed by atoms with Gasteiger partial charge in [0.25, 0.3) is 10.0 Å². The molecule has 0 spiro atoms. The number of nitrogens with zero attached hydrogens (tertiary/aromatic N) is 2. The van der Waals surface area contributed by atoms with Crippen molar-refractivity contribution in [3.8, 4) is 0 Å². The topological polar surface area (TPSA) is 79.4 Å². The number of amides is 1. The van der Waals surface area contributed by atoms with E-state index in [0.29, 0.717) is 11.6 Å². The highest BCUT2D eigenvalue weighted by molar-refractivity contribution is 7.91. The van der Waals surface area contributed by atoms with E-state index in [1.165, 1.54) is 15.6 Å². The van der Waals surface area contributed by atoms with Crippen molar-refractivity contribution < 1.29 is 13.2 Å². The van der Waals surface area contributed by atoms with Gasteiger partial charge in [-0.3, -0.25) is 4.79 Å². The molecule has 0 aliphatic carbocycles. The maximum Gasteiger partial charge on any atom is 0.253 e. The van der Waals surface area contributed by atoms with Crippen LogP contribution in [0.15, 0.2) is 52.2 Å². The largest absolute Gasteiger partial charge is 0.301 e. The van der Waals surface area contributed by atoms with Crippen molar-refractivity contribution in [3.05, 3.63) is 64.0 Å². The number of aromatic nitrogens is 1. The molecular weight excluding hydrogens is 402 g/mol. The zero-order valence-electron chi connectivity index (χ0n) is 14.5. The zero-order valence-corrected chi connectivity index (χ0v) is 16.9. The van der Waals surface area contributed by atoms with E-state index < -0.39 is 16.1 Å². The van der Waals surface area contributed by atoms with Crippen molar-refractivity contribution in [1.82, 2.24) is 9.29 Å². The van der Waals surface area contributed by atoms with Gasteiger partial charge in [-0.05, 0) is 35.9 Å². The Labute approximate surface area is 165 Å². The van der Waals surface area contributed by atoms with Crippen LogP contribution in [0.1, 0.15) is 16.0 Å². The molecule has 1 atom stereocenters. The van der Waals surface area contributed by atoms with Gasteiger partial charge < -0.3 is 5.32 Å². The Kier molecular flexibility index (Phi) is 4.85. The van der Waals surface area contributed by atoms with Crippen LogP contribution >= 0.6 is 22.7 Å². The molecule has 1 amide bonds. The number of aryl methyl sites for hydroxylation is 1. The molecule has 2 aromatic heterocycles. The monoisotopic (exact) mass is 419 g/mol. The third kappa shape index (κ3) is 3.55. The minimum absolute atomic E-state index is 0.172. The average molecular weight is 420 g/mol. The molecular formula is C18H17N3O3S3. The second-order valence-corrected chi connectivity index (χ2v) is 10.5. The smallest absolute Gasteiger partial charge is 0.253 e.